The quantitative estimate of drug-likeness (QED) is 0.105. The molecule has 6 atom stereocenters. The maximum atomic E-state index is 14.3. The molecule has 0 radical (unpaired) electrons. The number of rotatable bonds is 18. The molecule has 0 saturated carbocycles. The molecule has 2 aliphatic rings. The zero-order valence-corrected chi connectivity index (χ0v) is 36.4. The highest BCUT2D eigenvalue weighted by Gasteiger charge is 2.45. The minimum atomic E-state index is -1.24. The van der Waals surface area contributed by atoms with Gasteiger partial charge in [0.2, 0.25) is 11.8 Å². The Balaban J connectivity index is 1.47. The second kappa shape index (κ2) is 20.7. The lowest BCUT2D eigenvalue weighted by molar-refractivity contribution is -0.172. The second-order valence-corrected chi connectivity index (χ2v) is 16.8. The molecule has 4 amide bonds. The van der Waals surface area contributed by atoms with Crippen molar-refractivity contribution >= 4 is 35.8 Å². The van der Waals surface area contributed by atoms with Crippen molar-refractivity contribution in [2.75, 3.05) is 33.9 Å². The highest BCUT2D eigenvalue weighted by atomic mass is 16.6. The molecule has 1 aliphatic carbocycles. The third-order valence-corrected chi connectivity index (χ3v) is 11.6. The van der Waals surface area contributed by atoms with Crippen molar-refractivity contribution in [3.05, 3.63) is 72.3 Å². The number of hydrogen-bond donors (Lipinski definition) is 1. The summed E-state index contributed by atoms with van der Waals surface area (Å²) >= 11 is 0. The first kappa shape index (κ1) is 46.5. The Morgan fingerprint density at radius 1 is 0.814 bits per heavy atom. The van der Waals surface area contributed by atoms with Gasteiger partial charge in [-0.05, 0) is 59.3 Å². The van der Waals surface area contributed by atoms with E-state index in [-0.39, 0.29) is 37.5 Å². The van der Waals surface area contributed by atoms with Crippen molar-refractivity contribution in [3.8, 4) is 11.1 Å². The number of benzene rings is 2. The van der Waals surface area contributed by atoms with E-state index in [1.165, 1.54) is 34.9 Å². The number of nitrogens with one attached hydrogen (secondary N) is 1. The molecule has 2 aromatic carbocycles. The Morgan fingerprint density at radius 2 is 1.37 bits per heavy atom. The lowest BCUT2D eigenvalue weighted by atomic mass is 9.97. The summed E-state index contributed by atoms with van der Waals surface area (Å²) in [6, 6.07) is 12.1. The molecule has 1 aliphatic heterocycles. The average Bonchev–Trinajstić information content (AvgIpc) is 3.82. The lowest BCUT2D eigenvalue weighted by Gasteiger charge is -2.37. The zero-order valence-electron chi connectivity index (χ0n) is 36.4. The molecule has 0 spiro atoms. The van der Waals surface area contributed by atoms with Gasteiger partial charge in [0.05, 0.1) is 0 Å². The van der Waals surface area contributed by atoms with Gasteiger partial charge < -0.3 is 34.2 Å². The van der Waals surface area contributed by atoms with Gasteiger partial charge >= 0.3 is 18.0 Å². The normalized spacial score (nSPS) is 17.3. The van der Waals surface area contributed by atoms with Crippen LogP contribution in [0.5, 0.6) is 0 Å². The Kier molecular flexibility index (Phi) is 16.3. The van der Waals surface area contributed by atoms with Crippen LogP contribution in [-0.2, 0) is 38.2 Å². The number of carbonyl (C=O) groups is 6. The van der Waals surface area contributed by atoms with Crippen molar-refractivity contribution in [2.24, 2.45) is 23.7 Å². The summed E-state index contributed by atoms with van der Waals surface area (Å²) in [5.41, 5.74) is 4.31. The predicted octanol–water partition coefficient (Wildman–Crippen LogP) is 6.19. The van der Waals surface area contributed by atoms with Crippen LogP contribution in [0.25, 0.3) is 11.1 Å². The summed E-state index contributed by atoms with van der Waals surface area (Å²) in [6.07, 6.45) is 0.864. The summed E-state index contributed by atoms with van der Waals surface area (Å²) in [4.78, 5) is 86.9. The zero-order chi connectivity index (χ0) is 43.7. The maximum Gasteiger partial charge on any atom is 0.407 e. The minimum Gasteiger partial charge on any atom is -0.460 e. The lowest BCUT2D eigenvalue weighted by Crippen LogP contribution is -2.57. The second-order valence-electron chi connectivity index (χ2n) is 16.8. The molecule has 1 saturated heterocycles. The number of fused-ring (bicyclic) bond motifs is 3. The van der Waals surface area contributed by atoms with E-state index in [2.05, 4.69) is 24.0 Å². The fourth-order valence-corrected chi connectivity index (χ4v) is 8.26. The highest BCUT2D eigenvalue weighted by Crippen LogP contribution is 2.44. The monoisotopic (exact) mass is 816 g/mol. The third-order valence-electron chi connectivity index (χ3n) is 11.6. The molecule has 322 valence electrons. The summed E-state index contributed by atoms with van der Waals surface area (Å²) in [5.74, 6) is -4.44. The van der Waals surface area contributed by atoms with Gasteiger partial charge in [0, 0.05) is 32.5 Å². The van der Waals surface area contributed by atoms with Crippen molar-refractivity contribution in [2.45, 2.75) is 111 Å². The van der Waals surface area contributed by atoms with Gasteiger partial charge in [-0.3, -0.25) is 14.4 Å². The fourth-order valence-electron chi connectivity index (χ4n) is 8.26. The summed E-state index contributed by atoms with van der Waals surface area (Å²) < 4.78 is 17.1. The first-order valence-corrected chi connectivity index (χ1v) is 20.9. The van der Waals surface area contributed by atoms with E-state index in [0.29, 0.717) is 19.3 Å². The maximum absolute atomic E-state index is 14.3. The standard InChI is InChI=1S/C46H64N4O9/c1-12-25-57-44(54)38(28(5)6)48(10)41(51)36-23-18-24-50(36)43(53)40(30(9)13-2)59-45(55)39(29(7)8)49(11)42(52)37(27(3)4)47-46(56)58-26-35-33-21-16-14-19-31(33)32-20-15-17-22-34(32)35/h12,14-17,19-22,27-30,35-40H,1,13,18,23-26H2,2-11H3,(H,47,56)/t30-,36-,37-,38-,39-,40-/m0/s1. The number of likely N-dealkylation sites (tertiary alicyclic amines) is 1. The Labute approximate surface area is 349 Å². The molecule has 59 heavy (non-hydrogen) atoms. The van der Waals surface area contributed by atoms with Crippen LogP contribution >= 0.6 is 0 Å². The molecular weight excluding hydrogens is 753 g/mol. The van der Waals surface area contributed by atoms with E-state index in [1.807, 2.05) is 57.2 Å². The third kappa shape index (κ3) is 10.5. The van der Waals surface area contributed by atoms with Gasteiger partial charge in [-0.2, -0.15) is 0 Å². The minimum absolute atomic E-state index is 0.00540. The molecule has 1 N–H and O–H groups in total. The van der Waals surface area contributed by atoms with Gasteiger partial charge in [-0.1, -0.05) is 117 Å². The number of hydrogen-bond acceptors (Lipinski definition) is 9. The van der Waals surface area contributed by atoms with Gasteiger partial charge in [-0.25, -0.2) is 14.4 Å². The van der Waals surface area contributed by atoms with Crippen molar-refractivity contribution < 1.29 is 43.0 Å². The van der Waals surface area contributed by atoms with Gasteiger partial charge in [0.25, 0.3) is 5.91 Å². The van der Waals surface area contributed by atoms with Crippen molar-refractivity contribution in [3.63, 3.8) is 0 Å². The average molecular weight is 817 g/mol. The summed E-state index contributed by atoms with van der Waals surface area (Å²) in [5, 5.41) is 2.75. The summed E-state index contributed by atoms with van der Waals surface area (Å²) in [6.45, 7) is 18.4. The molecule has 13 nitrogen and oxygen atoms in total. The predicted molar refractivity (Wildman–Crippen MR) is 225 cm³/mol. The first-order valence-electron chi connectivity index (χ1n) is 20.9. The Morgan fingerprint density at radius 3 is 1.90 bits per heavy atom. The number of esters is 2. The molecule has 1 fully saturated rings. The van der Waals surface area contributed by atoms with Crippen LogP contribution in [0.1, 0.15) is 91.7 Å². The number of amides is 4. The summed E-state index contributed by atoms with van der Waals surface area (Å²) in [7, 11) is 3.02. The largest absolute Gasteiger partial charge is 0.460 e. The van der Waals surface area contributed by atoms with Crippen LogP contribution in [0.2, 0.25) is 0 Å². The van der Waals surface area contributed by atoms with Crippen LogP contribution in [0.3, 0.4) is 0 Å². The molecule has 13 heteroatoms. The number of alkyl carbamates (subject to hydrolysis) is 1. The smallest absolute Gasteiger partial charge is 0.407 e. The van der Waals surface area contributed by atoms with Crippen LogP contribution < -0.4 is 5.32 Å². The number of nitrogens with zero attached hydrogens (tertiary/aromatic N) is 3. The number of likely N-dealkylation sites (N-methyl/N-ethyl adjacent to an activating group) is 2. The topological polar surface area (TPSA) is 152 Å². The van der Waals surface area contributed by atoms with Gasteiger partial charge in [-0.15, -0.1) is 0 Å². The SMILES string of the molecule is C=CCOC(=O)[C@H](C(C)C)N(C)C(=O)[C@@H]1CCCN1C(=O)[C@@H](OC(=O)[C@H](C(C)C)N(C)C(=O)[C@@H](NC(=O)OCC1c2ccccc2-c2ccccc21)C(C)C)[C@@H](C)CC. The molecule has 0 aromatic heterocycles. The molecule has 2 aromatic rings. The van der Waals surface area contributed by atoms with E-state index >= 15 is 0 Å². The molecule has 1 heterocycles. The van der Waals surface area contributed by atoms with E-state index < -0.39 is 77.9 Å². The van der Waals surface area contributed by atoms with Crippen molar-refractivity contribution in [1.29, 1.82) is 0 Å². The van der Waals surface area contributed by atoms with E-state index in [1.54, 1.807) is 34.6 Å². The van der Waals surface area contributed by atoms with Gasteiger partial charge in [0.1, 0.15) is 37.4 Å². The fraction of sp³-hybridized carbons (Fsp3) is 0.565. The molecule has 4 rings (SSSR count). The van der Waals surface area contributed by atoms with E-state index in [4.69, 9.17) is 14.2 Å². The van der Waals surface area contributed by atoms with Crippen LogP contribution in [0, 0.1) is 23.7 Å². The van der Waals surface area contributed by atoms with Crippen molar-refractivity contribution in [1.82, 2.24) is 20.0 Å². The van der Waals surface area contributed by atoms with E-state index in [9.17, 15) is 28.8 Å². The molecule has 0 bridgehead atoms. The van der Waals surface area contributed by atoms with Gasteiger partial charge in [0.15, 0.2) is 6.10 Å². The number of ether oxygens (including phenoxy) is 3. The Hall–Kier alpha value is -5.20. The highest BCUT2D eigenvalue weighted by molar-refractivity contribution is 5.94. The first-order chi connectivity index (χ1) is 28.0. The van der Waals surface area contributed by atoms with Crippen LogP contribution in [0.4, 0.5) is 4.79 Å². The Bertz CT molecular complexity index is 1800. The molecule has 0 unspecified atom stereocenters. The van der Waals surface area contributed by atoms with Crippen LogP contribution in [0.15, 0.2) is 61.2 Å². The number of carbonyl (C=O) groups excluding carboxylic acids is 6. The van der Waals surface area contributed by atoms with Crippen LogP contribution in [-0.4, -0.2) is 115 Å². The molecular formula is C46H64N4O9. The van der Waals surface area contributed by atoms with E-state index in [0.717, 1.165) is 22.3 Å².